The van der Waals surface area contributed by atoms with Crippen LogP contribution >= 0.6 is 0 Å². The van der Waals surface area contributed by atoms with Gasteiger partial charge in [0.25, 0.3) is 0 Å². The molecule has 4 rings (SSSR count). The van der Waals surface area contributed by atoms with Crippen LogP contribution in [0.1, 0.15) is 60.6 Å². The minimum Gasteiger partial charge on any atom is -0.365 e. The van der Waals surface area contributed by atoms with Gasteiger partial charge in [-0.15, -0.1) is 0 Å². The number of hydrogen-bond donors (Lipinski definition) is 2. The zero-order chi connectivity index (χ0) is 19.0. The van der Waals surface area contributed by atoms with Crippen LogP contribution in [0, 0.1) is 5.82 Å². The van der Waals surface area contributed by atoms with Gasteiger partial charge >= 0.3 is 0 Å². The minimum absolute atomic E-state index is 0.0795. The van der Waals surface area contributed by atoms with E-state index in [0.29, 0.717) is 11.3 Å². The highest BCUT2D eigenvalue weighted by Crippen LogP contribution is 2.50. The highest BCUT2D eigenvalue weighted by Gasteiger charge is 2.43. The van der Waals surface area contributed by atoms with Gasteiger partial charge in [0, 0.05) is 5.69 Å². The van der Waals surface area contributed by atoms with Crippen LogP contribution in [0.5, 0.6) is 0 Å². The summed E-state index contributed by atoms with van der Waals surface area (Å²) in [5.41, 5.74) is 4.81. The van der Waals surface area contributed by atoms with Crippen molar-refractivity contribution in [2.75, 3.05) is 18.4 Å². The van der Waals surface area contributed by atoms with Gasteiger partial charge in [0.05, 0.1) is 18.1 Å². The molecule has 2 aromatic rings. The fraction of sp³-hybridized carbons (Fsp3) is 0.409. The van der Waals surface area contributed by atoms with Crippen LogP contribution < -0.4 is 10.6 Å². The number of nitrogens with one attached hydrogen (secondary N) is 2. The number of amides is 1. The summed E-state index contributed by atoms with van der Waals surface area (Å²) in [6.45, 7) is 6.12. The van der Waals surface area contributed by atoms with Gasteiger partial charge in [-0.25, -0.2) is 4.39 Å². The molecule has 2 aliphatic heterocycles. The molecule has 27 heavy (non-hydrogen) atoms. The summed E-state index contributed by atoms with van der Waals surface area (Å²) in [6.07, 6.45) is 1.64. The standard InChI is InChI=1S/C22H25FN2O2/c1-3-24-10-4-5-14-6-8-16-17(11-14)13(2)27-21(16)20-18-12-15(23)7-9-19(18)25-22(20)26/h6-9,11-13,20-21,24H,3-5,10H2,1-2H3,(H,25,26). The van der Waals surface area contributed by atoms with Crippen molar-refractivity contribution in [1.82, 2.24) is 5.32 Å². The van der Waals surface area contributed by atoms with Crippen LogP contribution in [0.15, 0.2) is 36.4 Å². The van der Waals surface area contributed by atoms with Gasteiger partial charge in [-0.05, 0) is 73.3 Å². The molecule has 0 radical (unpaired) electrons. The van der Waals surface area contributed by atoms with Crippen molar-refractivity contribution in [2.45, 2.75) is 44.8 Å². The largest absolute Gasteiger partial charge is 0.365 e. The summed E-state index contributed by atoms with van der Waals surface area (Å²) < 4.78 is 19.9. The molecule has 0 aliphatic carbocycles. The molecule has 2 aliphatic rings. The Morgan fingerprint density at radius 2 is 2.00 bits per heavy atom. The van der Waals surface area contributed by atoms with E-state index < -0.39 is 5.92 Å². The second kappa shape index (κ2) is 7.41. The maximum atomic E-state index is 13.8. The van der Waals surface area contributed by atoms with E-state index in [1.807, 2.05) is 6.92 Å². The van der Waals surface area contributed by atoms with E-state index in [4.69, 9.17) is 4.74 Å². The lowest BCUT2D eigenvalue weighted by Gasteiger charge is -2.18. The monoisotopic (exact) mass is 368 g/mol. The molecule has 142 valence electrons. The van der Waals surface area contributed by atoms with Crippen molar-refractivity contribution in [3.63, 3.8) is 0 Å². The van der Waals surface area contributed by atoms with Crippen LogP contribution in [0.2, 0.25) is 0 Å². The Kier molecular flexibility index (Phi) is 4.98. The van der Waals surface area contributed by atoms with Crippen LogP contribution in [-0.2, 0) is 16.0 Å². The molecule has 0 saturated heterocycles. The summed E-state index contributed by atoms with van der Waals surface area (Å²) in [6, 6.07) is 10.8. The molecule has 3 atom stereocenters. The van der Waals surface area contributed by atoms with Crippen molar-refractivity contribution in [3.8, 4) is 0 Å². The highest BCUT2D eigenvalue weighted by molar-refractivity contribution is 6.03. The van der Waals surface area contributed by atoms with Gasteiger partial charge < -0.3 is 15.4 Å². The van der Waals surface area contributed by atoms with E-state index in [9.17, 15) is 9.18 Å². The Morgan fingerprint density at radius 1 is 1.15 bits per heavy atom. The van der Waals surface area contributed by atoms with Crippen molar-refractivity contribution in [3.05, 3.63) is 64.5 Å². The number of rotatable bonds is 6. The fourth-order valence-electron chi connectivity index (χ4n) is 4.17. The molecule has 2 N–H and O–H groups in total. The summed E-state index contributed by atoms with van der Waals surface area (Å²) in [4.78, 5) is 12.6. The van der Waals surface area contributed by atoms with Gasteiger partial charge in [0.1, 0.15) is 5.82 Å². The van der Waals surface area contributed by atoms with E-state index in [0.717, 1.165) is 37.1 Å². The third-order valence-corrected chi connectivity index (χ3v) is 5.51. The first-order chi connectivity index (χ1) is 13.1. The molecule has 2 aromatic carbocycles. The number of halogens is 1. The van der Waals surface area contributed by atoms with Crippen LogP contribution in [0.3, 0.4) is 0 Å². The van der Waals surface area contributed by atoms with E-state index in [2.05, 4.69) is 35.8 Å². The Hall–Kier alpha value is -2.24. The molecule has 0 aromatic heterocycles. The number of anilines is 1. The lowest BCUT2D eigenvalue weighted by molar-refractivity contribution is -0.121. The normalized spacial score (nSPS) is 23.2. The van der Waals surface area contributed by atoms with Crippen molar-refractivity contribution in [2.24, 2.45) is 0 Å². The van der Waals surface area contributed by atoms with E-state index in [1.54, 1.807) is 6.07 Å². The molecule has 0 spiro atoms. The first-order valence-corrected chi connectivity index (χ1v) is 9.67. The maximum absolute atomic E-state index is 13.8. The summed E-state index contributed by atoms with van der Waals surface area (Å²) >= 11 is 0. The second-order valence-corrected chi connectivity index (χ2v) is 7.32. The Balaban J connectivity index is 1.60. The first-order valence-electron chi connectivity index (χ1n) is 9.67. The second-order valence-electron chi connectivity index (χ2n) is 7.32. The molecule has 0 bridgehead atoms. The number of aryl methyl sites for hydroxylation is 1. The third-order valence-electron chi connectivity index (χ3n) is 5.51. The fourth-order valence-corrected chi connectivity index (χ4v) is 4.17. The van der Waals surface area contributed by atoms with Gasteiger partial charge in [0.15, 0.2) is 0 Å². The van der Waals surface area contributed by atoms with Crippen molar-refractivity contribution < 1.29 is 13.9 Å². The SMILES string of the molecule is CCNCCCc1ccc2c(c1)C(C)OC2C1C(=O)Nc2ccc(F)cc21. The van der Waals surface area contributed by atoms with Gasteiger partial charge in [-0.2, -0.15) is 0 Å². The number of hydrogen-bond acceptors (Lipinski definition) is 3. The van der Waals surface area contributed by atoms with Gasteiger partial charge in [0.2, 0.25) is 5.91 Å². The van der Waals surface area contributed by atoms with Gasteiger partial charge in [-0.3, -0.25) is 4.79 Å². The van der Waals surface area contributed by atoms with Crippen LogP contribution in [0.25, 0.3) is 0 Å². The smallest absolute Gasteiger partial charge is 0.235 e. The summed E-state index contributed by atoms with van der Waals surface area (Å²) in [5, 5.41) is 6.20. The Labute approximate surface area is 159 Å². The molecule has 5 heteroatoms. The zero-order valence-corrected chi connectivity index (χ0v) is 15.7. The van der Waals surface area contributed by atoms with E-state index in [-0.39, 0.29) is 23.9 Å². The molecular weight excluding hydrogens is 343 g/mol. The number of ether oxygens (including phenoxy) is 1. The predicted molar refractivity (Wildman–Crippen MR) is 103 cm³/mol. The van der Waals surface area contributed by atoms with Crippen LogP contribution in [0.4, 0.5) is 10.1 Å². The summed E-state index contributed by atoms with van der Waals surface area (Å²) in [7, 11) is 0. The zero-order valence-electron chi connectivity index (χ0n) is 15.7. The lowest BCUT2D eigenvalue weighted by atomic mass is 9.88. The topological polar surface area (TPSA) is 50.4 Å². The van der Waals surface area contributed by atoms with Crippen molar-refractivity contribution >= 4 is 11.6 Å². The highest BCUT2D eigenvalue weighted by atomic mass is 19.1. The molecule has 0 saturated carbocycles. The number of carbonyl (C=O) groups excluding carboxylic acids is 1. The lowest BCUT2D eigenvalue weighted by Crippen LogP contribution is -2.19. The minimum atomic E-state index is -0.515. The van der Waals surface area contributed by atoms with Crippen LogP contribution in [-0.4, -0.2) is 19.0 Å². The summed E-state index contributed by atoms with van der Waals surface area (Å²) in [5.74, 6) is -0.980. The average molecular weight is 368 g/mol. The third kappa shape index (κ3) is 3.37. The van der Waals surface area contributed by atoms with E-state index in [1.165, 1.54) is 17.7 Å². The van der Waals surface area contributed by atoms with Crippen molar-refractivity contribution in [1.29, 1.82) is 0 Å². The van der Waals surface area contributed by atoms with Gasteiger partial charge in [-0.1, -0.05) is 25.1 Å². The molecular formula is C22H25FN2O2. The quantitative estimate of drug-likeness (QED) is 0.750. The Morgan fingerprint density at radius 3 is 2.81 bits per heavy atom. The Bertz CT molecular complexity index is 867. The number of benzene rings is 2. The molecule has 1 amide bonds. The molecule has 4 nitrogen and oxygen atoms in total. The number of fused-ring (bicyclic) bond motifs is 2. The molecule has 0 fully saturated rings. The predicted octanol–water partition coefficient (Wildman–Crippen LogP) is 4.24. The number of carbonyl (C=O) groups is 1. The first kappa shape index (κ1) is 18.1. The van der Waals surface area contributed by atoms with E-state index >= 15 is 0 Å². The maximum Gasteiger partial charge on any atom is 0.235 e. The molecule has 2 heterocycles. The molecule has 3 unspecified atom stereocenters. The average Bonchev–Trinajstić information content (AvgIpc) is 3.14.